The van der Waals surface area contributed by atoms with Gasteiger partial charge < -0.3 is 4.90 Å². The predicted molar refractivity (Wildman–Crippen MR) is 87.1 cm³/mol. The van der Waals surface area contributed by atoms with E-state index in [4.69, 9.17) is 0 Å². The van der Waals surface area contributed by atoms with Crippen LogP contribution in [0.25, 0.3) is 0 Å². The topological polar surface area (TPSA) is 3.24 Å². The minimum absolute atomic E-state index is 0.634. The van der Waals surface area contributed by atoms with E-state index in [1.165, 1.54) is 30.4 Å². The average Bonchev–Trinajstić information content (AvgIpc) is 2.48. The molecule has 1 heteroatoms. The molecule has 0 heterocycles. The molecule has 106 valence electrons. The molecule has 0 aliphatic rings. The number of benzene rings is 2. The molecule has 1 atom stereocenters. The Labute approximate surface area is 123 Å². The molecule has 0 bridgehead atoms. The number of hydrogen-bond donors (Lipinski definition) is 0. The van der Waals surface area contributed by atoms with Gasteiger partial charge in [0.25, 0.3) is 0 Å². The summed E-state index contributed by atoms with van der Waals surface area (Å²) in [4.78, 5) is 2.29. The number of hydrogen-bond acceptors (Lipinski definition) is 1. The van der Waals surface area contributed by atoms with Crippen molar-refractivity contribution in [2.45, 2.75) is 25.2 Å². The highest BCUT2D eigenvalue weighted by Crippen LogP contribution is 2.22. The summed E-state index contributed by atoms with van der Waals surface area (Å²) >= 11 is 0. The predicted octanol–water partition coefficient (Wildman–Crippen LogP) is 4.35. The average molecular weight is 267 g/mol. The number of aryl methyl sites for hydroxylation is 1. The highest BCUT2D eigenvalue weighted by atomic mass is 15.1. The van der Waals surface area contributed by atoms with Gasteiger partial charge in [-0.25, -0.2) is 0 Å². The van der Waals surface area contributed by atoms with Crippen LogP contribution in [0.4, 0.5) is 0 Å². The summed E-state index contributed by atoms with van der Waals surface area (Å²) in [5, 5.41) is 0. The maximum atomic E-state index is 2.29. The van der Waals surface area contributed by atoms with Gasteiger partial charge in [0.1, 0.15) is 0 Å². The molecule has 2 rings (SSSR count). The molecule has 0 saturated heterocycles. The van der Waals surface area contributed by atoms with Crippen LogP contribution in [0.1, 0.15) is 29.9 Å². The van der Waals surface area contributed by atoms with Crippen LogP contribution in [-0.4, -0.2) is 25.5 Å². The quantitative estimate of drug-likeness (QED) is 0.720. The molecule has 0 spiro atoms. The Bertz CT molecular complexity index is 476. The molecular formula is C19H25N. The smallest absolute Gasteiger partial charge is 0.00442 e. The zero-order chi connectivity index (χ0) is 14.2. The highest BCUT2D eigenvalue weighted by Gasteiger charge is 2.12. The zero-order valence-electron chi connectivity index (χ0n) is 12.6. The summed E-state index contributed by atoms with van der Waals surface area (Å²) in [6, 6.07) is 21.7. The molecule has 2 aromatic carbocycles. The maximum absolute atomic E-state index is 2.29. The first-order valence-corrected chi connectivity index (χ1v) is 7.49. The van der Waals surface area contributed by atoms with Gasteiger partial charge in [0.15, 0.2) is 0 Å². The normalized spacial score (nSPS) is 12.6. The minimum atomic E-state index is 0.634. The third-order valence-corrected chi connectivity index (χ3v) is 3.72. The van der Waals surface area contributed by atoms with Gasteiger partial charge in [-0.1, -0.05) is 60.7 Å². The van der Waals surface area contributed by atoms with E-state index in [-0.39, 0.29) is 0 Å². The van der Waals surface area contributed by atoms with Crippen LogP contribution in [0.15, 0.2) is 60.7 Å². The van der Waals surface area contributed by atoms with E-state index in [0.717, 1.165) is 6.54 Å². The molecular weight excluding hydrogens is 242 g/mol. The number of nitrogens with zero attached hydrogens (tertiary/aromatic N) is 1. The third-order valence-electron chi connectivity index (χ3n) is 3.72. The third kappa shape index (κ3) is 4.82. The van der Waals surface area contributed by atoms with Crippen LogP contribution in [0, 0.1) is 0 Å². The second-order valence-corrected chi connectivity index (χ2v) is 5.75. The van der Waals surface area contributed by atoms with Crippen molar-refractivity contribution in [1.82, 2.24) is 4.90 Å². The fraction of sp³-hybridized carbons (Fsp3) is 0.368. The fourth-order valence-corrected chi connectivity index (χ4v) is 2.73. The molecule has 2 aromatic rings. The van der Waals surface area contributed by atoms with Gasteiger partial charge in [-0.05, 0) is 50.4 Å². The summed E-state index contributed by atoms with van der Waals surface area (Å²) in [7, 11) is 4.32. The van der Waals surface area contributed by atoms with E-state index in [1.54, 1.807) is 0 Å². The van der Waals surface area contributed by atoms with Crippen LogP contribution in [0.3, 0.4) is 0 Å². The summed E-state index contributed by atoms with van der Waals surface area (Å²) in [5.74, 6) is 0.634. The number of rotatable bonds is 7. The Kier molecular flexibility index (Phi) is 5.82. The van der Waals surface area contributed by atoms with Crippen LogP contribution >= 0.6 is 0 Å². The monoisotopic (exact) mass is 267 g/mol. The first kappa shape index (κ1) is 14.8. The molecule has 0 saturated carbocycles. The van der Waals surface area contributed by atoms with E-state index >= 15 is 0 Å². The summed E-state index contributed by atoms with van der Waals surface area (Å²) in [5.41, 5.74) is 2.92. The first-order valence-electron chi connectivity index (χ1n) is 7.49. The second-order valence-electron chi connectivity index (χ2n) is 5.75. The van der Waals surface area contributed by atoms with Gasteiger partial charge in [-0.2, -0.15) is 0 Å². The SMILES string of the molecule is CN(C)C[C@@H](CCCc1ccccc1)c1ccccc1. The van der Waals surface area contributed by atoms with Gasteiger partial charge >= 0.3 is 0 Å². The van der Waals surface area contributed by atoms with Crippen LogP contribution < -0.4 is 0 Å². The lowest BCUT2D eigenvalue weighted by atomic mass is 9.92. The Hall–Kier alpha value is -1.60. The van der Waals surface area contributed by atoms with Crippen molar-refractivity contribution in [3.63, 3.8) is 0 Å². The summed E-state index contributed by atoms with van der Waals surface area (Å²) < 4.78 is 0. The molecule has 0 aromatic heterocycles. The van der Waals surface area contributed by atoms with Gasteiger partial charge in [0.2, 0.25) is 0 Å². The maximum Gasteiger partial charge on any atom is 0.00442 e. The van der Waals surface area contributed by atoms with Crippen molar-refractivity contribution < 1.29 is 0 Å². The van der Waals surface area contributed by atoms with Crippen molar-refractivity contribution in [2.75, 3.05) is 20.6 Å². The van der Waals surface area contributed by atoms with Crippen molar-refractivity contribution in [3.05, 3.63) is 71.8 Å². The van der Waals surface area contributed by atoms with Gasteiger partial charge in [-0.15, -0.1) is 0 Å². The Morgan fingerprint density at radius 3 is 2.05 bits per heavy atom. The number of likely N-dealkylation sites (N-methyl/N-ethyl adjacent to an activating group) is 1. The molecule has 20 heavy (non-hydrogen) atoms. The lowest BCUT2D eigenvalue weighted by molar-refractivity contribution is 0.360. The Balaban J connectivity index is 1.91. The van der Waals surface area contributed by atoms with Gasteiger partial charge in [0.05, 0.1) is 0 Å². The van der Waals surface area contributed by atoms with E-state index in [1.807, 2.05) is 0 Å². The van der Waals surface area contributed by atoms with E-state index in [9.17, 15) is 0 Å². The Morgan fingerprint density at radius 2 is 1.45 bits per heavy atom. The Morgan fingerprint density at radius 1 is 0.850 bits per heavy atom. The first-order chi connectivity index (χ1) is 9.75. The second kappa shape index (κ2) is 7.86. The molecule has 0 radical (unpaired) electrons. The molecule has 0 aliphatic carbocycles. The zero-order valence-corrected chi connectivity index (χ0v) is 12.6. The largest absolute Gasteiger partial charge is 0.309 e. The van der Waals surface area contributed by atoms with E-state index in [2.05, 4.69) is 79.7 Å². The molecule has 0 aliphatic heterocycles. The van der Waals surface area contributed by atoms with Gasteiger partial charge in [0, 0.05) is 6.54 Å². The molecule has 0 unspecified atom stereocenters. The summed E-state index contributed by atoms with van der Waals surface area (Å²) in [6.45, 7) is 1.12. The van der Waals surface area contributed by atoms with Crippen molar-refractivity contribution in [1.29, 1.82) is 0 Å². The fourth-order valence-electron chi connectivity index (χ4n) is 2.73. The molecule has 0 fully saturated rings. The highest BCUT2D eigenvalue weighted by molar-refractivity contribution is 5.20. The lowest BCUT2D eigenvalue weighted by Gasteiger charge is -2.21. The van der Waals surface area contributed by atoms with Crippen LogP contribution in [0.2, 0.25) is 0 Å². The lowest BCUT2D eigenvalue weighted by Crippen LogP contribution is -2.20. The van der Waals surface area contributed by atoms with E-state index < -0.39 is 0 Å². The van der Waals surface area contributed by atoms with Crippen molar-refractivity contribution in [2.24, 2.45) is 0 Å². The van der Waals surface area contributed by atoms with Crippen LogP contribution in [0.5, 0.6) is 0 Å². The van der Waals surface area contributed by atoms with Crippen molar-refractivity contribution in [3.8, 4) is 0 Å². The van der Waals surface area contributed by atoms with Crippen molar-refractivity contribution >= 4 is 0 Å². The van der Waals surface area contributed by atoms with Gasteiger partial charge in [-0.3, -0.25) is 0 Å². The van der Waals surface area contributed by atoms with Crippen LogP contribution in [-0.2, 0) is 6.42 Å². The molecule has 0 amide bonds. The van der Waals surface area contributed by atoms with E-state index in [0.29, 0.717) is 5.92 Å². The molecule has 1 nitrogen and oxygen atoms in total. The summed E-state index contributed by atoms with van der Waals surface area (Å²) in [6.07, 6.45) is 3.67. The molecule has 0 N–H and O–H groups in total. The standard InChI is InChI=1S/C19H25N/c1-20(2)16-19(18-13-7-4-8-14-18)15-9-12-17-10-5-3-6-11-17/h3-8,10-11,13-14,19H,9,12,15-16H2,1-2H3/t19-/m1/s1. The minimum Gasteiger partial charge on any atom is -0.309 e.